The van der Waals surface area contributed by atoms with Crippen LogP contribution in [0.5, 0.6) is 0 Å². The fraction of sp³-hybridized carbons (Fsp3) is 0.238. The maximum Gasteiger partial charge on any atom is 0.287 e. The molecule has 0 saturated carbocycles. The molecular formula is C21H20BrN3O2S. The lowest BCUT2D eigenvalue weighted by atomic mass is 10.1. The zero-order chi connectivity index (χ0) is 19.7. The Hall–Kier alpha value is -2.25. The molecule has 4 aromatic rings. The molecule has 0 aliphatic rings. The van der Waals surface area contributed by atoms with E-state index in [-0.39, 0.29) is 11.9 Å². The number of hydrogen-bond donors (Lipinski definition) is 2. The summed E-state index contributed by atoms with van der Waals surface area (Å²) < 4.78 is 6.80. The Bertz CT molecular complexity index is 1120. The van der Waals surface area contributed by atoms with E-state index in [9.17, 15) is 4.79 Å². The molecule has 0 radical (unpaired) electrons. The Morgan fingerprint density at radius 2 is 2.14 bits per heavy atom. The molecule has 1 amide bonds. The Kier molecular flexibility index (Phi) is 5.46. The number of aryl methyl sites for hydroxylation is 1. The first-order valence-electron chi connectivity index (χ1n) is 9.00. The van der Waals surface area contributed by atoms with Crippen LogP contribution in [0.1, 0.15) is 34.4 Å². The number of fused-ring (bicyclic) bond motifs is 2. The normalized spacial score (nSPS) is 12.5. The molecular weight excluding hydrogens is 438 g/mol. The highest BCUT2D eigenvalue weighted by atomic mass is 79.9. The van der Waals surface area contributed by atoms with E-state index in [1.165, 1.54) is 0 Å². The Balaban J connectivity index is 1.64. The number of rotatable bonds is 6. The molecule has 1 unspecified atom stereocenters. The van der Waals surface area contributed by atoms with Gasteiger partial charge >= 0.3 is 0 Å². The van der Waals surface area contributed by atoms with Gasteiger partial charge in [0.25, 0.3) is 5.91 Å². The first kappa shape index (κ1) is 19.1. The van der Waals surface area contributed by atoms with E-state index >= 15 is 0 Å². The summed E-state index contributed by atoms with van der Waals surface area (Å²) in [6.45, 7) is 1.91. The monoisotopic (exact) mass is 457 g/mol. The van der Waals surface area contributed by atoms with Crippen molar-refractivity contribution < 1.29 is 9.21 Å². The minimum absolute atomic E-state index is 0.216. The number of hydrogen-bond acceptors (Lipinski definition) is 4. The number of furan rings is 1. The maximum atomic E-state index is 13.0. The number of carbonyl (C=O) groups is 1. The van der Waals surface area contributed by atoms with Gasteiger partial charge in [0.2, 0.25) is 0 Å². The van der Waals surface area contributed by atoms with Crippen molar-refractivity contribution in [2.75, 3.05) is 12.0 Å². The van der Waals surface area contributed by atoms with Crippen molar-refractivity contribution in [3.8, 4) is 0 Å². The van der Waals surface area contributed by atoms with Crippen LogP contribution in [0.2, 0.25) is 0 Å². The van der Waals surface area contributed by atoms with Crippen LogP contribution in [0.3, 0.4) is 0 Å². The molecule has 28 heavy (non-hydrogen) atoms. The van der Waals surface area contributed by atoms with Crippen LogP contribution in [-0.2, 0) is 0 Å². The molecule has 5 nitrogen and oxygen atoms in total. The van der Waals surface area contributed by atoms with Gasteiger partial charge in [0.1, 0.15) is 11.4 Å². The summed E-state index contributed by atoms with van der Waals surface area (Å²) in [4.78, 5) is 21.0. The molecule has 0 fully saturated rings. The molecule has 4 rings (SSSR count). The summed E-state index contributed by atoms with van der Waals surface area (Å²) >= 11 is 5.21. The molecule has 0 spiro atoms. The molecule has 0 aliphatic carbocycles. The van der Waals surface area contributed by atoms with Gasteiger partial charge in [-0.2, -0.15) is 11.8 Å². The van der Waals surface area contributed by atoms with Gasteiger partial charge in [-0.1, -0.05) is 28.1 Å². The van der Waals surface area contributed by atoms with Gasteiger partial charge in [-0.3, -0.25) is 4.79 Å². The van der Waals surface area contributed by atoms with Gasteiger partial charge in [0.05, 0.1) is 17.1 Å². The van der Waals surface area contributed by atoms with Gasteiger partial charge in [0, 0.05) is 15.4 Å². The Morgan fingerprint density at radius 1 is 1.32 bits per heavy atom. The van der Waals surface area contributed by atoms with Crippen LogP contribution in [-0.4, -0.2) is 27.9 Å². The molecule has 144 valence electrons. The zero-order valence-corrected chi connectivity index (χ0v) is 18.0. The highest BCUT2D eigenvalue weighted by molar-refractivity contribution is 9.10. The van der Waals surface area contributed by atoms with Crippen molar-refractivity contribution in [2.45, 2.75) is 19.4 Å². The number of H-pyrrole nitrogens is 1. The zero-order valence-electron chi connectivity index (χ0n) is 15.6. The summed E-state index contributed by atoms with van der Waals surface area (Å²) in [5, 5.41) is 4.04. The predicted molar refractivity (Wildman–Crippen MR) is 118 cm³/mol. The van der Waals surface area contributed by atoms with Crippen molar-refractivity contribution in [2.24, 2.45) is 0 Å². The number of aromatic amines is 1. The second kappa shape index (κ2) is 8.01. The van der Waals surface area contributed by atoms with Gasteiger partial charge in [-0.05, 0) is 55.7 Å². The number of para-hydroxylation sites is 2. The van der Waals surface area contributed by atoms with Crippen molar-refractivity contribution in [3.63, 3.8) is 0 Å². The number of nitrogens with one attached hydrogen (secondary N) is 2. The van der Waals surface area contributed by atoms with Crippen molar-refractivity contribution in [1.29, 1.82) is 0 Å². The van der Waals surface area contributed by atoms with Crippen LogP contribution in [0, 0.1) is 6.92 Å². The van der Waals surface area contributed by atoms with E-state index in [0.717, 1.165) is 44.5 Å². The SMILES string of the molecule is CSCCC(NC(=O)c1oc2ccc(Br)cc2c1C)c1nc2ccccc2[nH]1. The third-order valence-corrected chi connectivity index (χ3v) is 5.90. The van der Waals surface area contributed by atoms with E-state index < -0.39 is 0 Å². The standard InChI is InChI=1S/C21H20BrN3O2S/c1-12-14-11-13(22)7-8-18(14)27-19(12)21(26)25-17(9-10-28-2)20-23-15-5-3-4-6-16(15)24-20/h3-8,11,17H,9-10H2,1-2H3,(H,23,24)(H,25,26). The number of nitrogens with zero attached hydrogens (tertiary/aromatic N) is 1. The summed E-state index contributed by atoms with van der Waals surface area (Å²) in [5.74, 6) is 1.79. The largest absolute Gasteiger partial charge is 0.451 e. The van der Waals surface area contributed by atoms with Gasteiger partial charge < -0.3 is 14.7 Å². The predicted octanol–water partition coefficient (Wildman–Crippen LogP) is 5.60. The minimum Gasteiger partial charge on any atom is -0.451 e. The van der Waals surface area contributed by atoms with Crippen LogP contribution in [0.4, 0.5) is 0 Å². The fourth-order valence-corrected chi connectivity index (χ4v) is 4.12. The van der Waals surface area contributed by atoms with E-state index in [2.05, 4.69) is 37.5 Å². The number of carbonyl (C=O) groups excluding carboxylic acids is 1. The minimum atomic E-state index is -0.226. The highest BCUT2D eigenvalue weighted by Crippen LogP contribution is 2.29. The van der Waals surface area contributed by atoms with E-state index in [4.69, 9.17) is 4.42 Å². The molecule has 0 saturated heterocycles. The first-order valence-corrected chi connectivity index (χ1v) is 11.2. The number of thioether (sulfide) groups is 1. The average molecular weight is 458 g/mol. The lowest BCUT2D eigenvalue weighted by molar-refractivity contribution is 0.0907. The third-order valence-electron chi connectivity index (χ3n) is 4.76. The van der Waals surface area contributed by atoms with Gasteiger partial charge in [-0.15, -0.1) is 0 Å². The molecule has 2 heterocycles. The summed E-state index contributed by atoms with van der Waals surface area (Å²) in [7, 11) is 0. The first-order chi connectivity index (χ1) is 13.6. The van der Waals surface area contributed by atoms with E-state index in [1.807, 2.05) is 49.4 Å². The van der Waals surface area contributed by atoms with Crippen molar-refractivity contribution in [3.05, 3.63) is 64.1 Å². The van der Waals surface area contributed by atoms with Crippen LogP contribution < -0.4 is 5.32 Å². The van der Waals surface area contributed by atoms with Crippen LogP contribution in [0.25, 0.3) is 22.0 Å². The lowest BCUT2D eigenvalue weighted by Gasteiger charge is -2.15. The van der Waals surface area contributed by atoms with E-state index in [0.29, 0.717) is 11.3 Å². The summed E-state index contributed by atoms with van der Waals surface area (Å²) in [6, 6.07) is 13.4. The van der Waals surface area contributed by atoms with Crippen LogP contribution >= 0.6 is 27.7 Å². The smallest absolute Gasteiger partial charge is 0.287 e. The maximum absolute atomic E-state index is 13.0. The van der Waals surface area contributed by atoms with Crippen molar-refractivity contribution in [1.82, 2.24) is 15.3 Å². The molecule has 0 aliphatic heterocycles. The quantitative estimate of drug-likeness (QED) is 0.394. The average Bonchev–Trinajstić information content (AvgIpc) is 3.26. The molecule has 7 heteroatoms. The lowest BCUT2D eigenvalue weighted by Crippen LogP contribution is -2.30. The van der Waals surface area contributed by atoms with Crippen molar-refractivity contribution >= 4 is 55.6 Å². The fourth-order valence-electron chi connectivity index (χ4n) is 3.28. The number of amides is 1. The topological polar surface area (TPSA) is 70.9 Å². The Labute approximate surface area is 175 Å². The second-order valence-corrected chi connectivity index (χ2v) is 8.54. The Morgan fingerprint density at radius 3 is 2.93 bits per heavy atom. The molecule has 0 bridgehead atoms. The highest BCUT2D eigenvalue weighted by Gasteiger charge is 2.23. The number of imidazole rings is 1. The molecule has 2 aromatic heterocycles. The third kappa shape index (κ3) is 3.69. The van der Waals surface area contributed by atoms with Gasteiger partial charge in [-0.25, -0.2) is 4.98 Å². The van der Waals surface area contributed by atoms with Crippen LogP contribution in [0.15, 0.2) is 51.4 Å². The summed E-state index contributed by atoms with van der Waals surface area (Å²) in [5.41, 5.74) is 3.40. The van der Waals surface area contributed by atoms with E-state index in [1.54, 1.807) is 11.8 Å². The number of benzene rings is 2. The molecule has 2 aromatic carbocycles. The number of aromatic nitrogens is 2. The number of halogens is 1. The molecule has 2 N–H and O–H groups in total. The molecule has 1 atom stereocenters. The second-order valence-electron chi connectivity index (χ2n) is 6.64. The summed E-state index contributed by atoms with van der Waals surface area (Å²) in [6.07, 6.45) is 2.83. The van der Waals surface area contributed by atoms with Gasteiger partial charge in [0.15, 0.2) is 5.76 Å².